The molecule has 6 nitrogen and oxygen atoms in total. The zero-order valence-corrected chi connectivity index (χ0v) is 18.1. The number of aromatic nitrogens is 2. The Kier molecular flexibility index (Phi) is 5.13. The van der Waals surface area contributed by atoms with Gasteiger partial charge in [-0.1, -0.05) is 33.6 Å². The number of hydrogen-bond donors (Lipinski definition) is 0. The van der Waals surface area contributed by atoms with Crippen molar-refractivity contribution in [3.05, 3.63) is 29.6 Å². The lowest BCUT2D eigenvalue weighted by molar-refractivity contribution is -0.140. The van der Waals surface area contributed by atoms with Gasteiger partial charge in [-0.15, -0.1) is 0 Å². The van der Waals surface area contributed by atoms with E-state index in [0.29, 0.717) is 37.8 Å². The van der Waals surface area contributed by atoms with E-state index in [1.54, 1.807) is 0 Å². The number of carbonyl (C=O) groups excluding carboxylic acids is 2. The molecule has 4 rings (SSSR count). The molecule has 0 unspecified atom stereocenters. The summed E-state index contributed by atoms with van der Waals surface area (Å²) in [5.41, 5.74) is 2.37. The second-order valence-corrected chi connectivity index (χ2v) is 9.51. The normalized spacial score (nSPS) is 18.6. The van der Waals surface area contributed by atoms with Gasteiger partial charge in [0, 0.05) is 43.2 Å². The van der Waals surface area contributed by atoms with Crippen molar-refractivity contribution in [3.63, 3.8) is 0 Å². The Hall–Kier alpha value is -2.37. The summed E-state index contributed by atoms with van der Waals surface area (Å²) in [5.74, 6) is 1.24. The number of piperazine rings is 1. The van der Waals surface area contributed by atoms with Crippen LogP contribution in [0.5, 0.6) is 0 Å². The van der Waals surface area contributed by atoms with Crippen molar-refractivity contribution < 1.29 is 9.59 Å². The van der Waals surface area contributed by atoms with E-state index in [2.05, 4.69) is 11.5 Å². The zero-order valence-electron chi connectivity index (χ0n) is 18.1. The Morgan fingerprint density at radius 3 is 2.24 bits per heavy atom. The van der Waals surface area contributed by atoms with Crippen LogP contribution in [0.4, 0.5) is 0 Å². The number of hydrogen-bond acceptors (Lipinski definition) is 3. The number of amides is 2. The average molecular weight is 397 g/mol. The first kappa shape index (κ1) is 19.9. The molecule has 0 spiro atoms. The van der Waals surface area contributed by atoms with Crippen LogP contribution in [0.25, 0.3) is 11.0 Å². The highest BCUT2D eigenvalue weighted by Crippen LogP contribution is 2.34. The molecular formula is C23H32N4O2. The number of rotatable bonds is 2. The monoisotopic (exact) mass is 396 g/mol. The van der Waals surface area contributed by atoms with E-state index in [4.69, 9.17) is 4.98 Å². The molecule has 1 saturated carbocycles. The van der Waals surface area contributed by atoms with Gasteiger partial charge in [0.25, 0.3) is 5.91 Å². The van der Waals surface area contributed by atoms with Crippen molar-refractivity contribution >= 4 is 22.8 Å². The maximum atomic E-state index is 13.1. The number of carbonyl (C=O) groups is 2. The molecule has 2 heterocycles. The van der Waals surface area contributed by atoms with Crippen molar-refractivity contribution in [3.8, 4) is 0 Å². The molecular weight excluding hydrogens is 364 g/mol. The number of fused-ring (bicyclic) bond motifs is 1. The van der Waals surface area contributed by atoms with E-state index >= 15 is 0 Å². The van der Waals surface area contributed by atoms with Gasteiger partial charge in [0.05, 0.1) is 11.0 Å². The fourth-order valence-electron chi connectivity index (χ4n) is 4.74. The first-order chi connectivity index (χ1) is 13.8. The van der Waals surface area contributed by atoms with Crippen molar-refractivity contribution in [1.29, 1.82) is 0 Å². The molecule has 0 bridgehead atoms. The molecule has 2 amide bonds. The first-order valence-corrected chi connectivity index (χ1v) is 10.8. The highest BCUT2D eigenvalue weighted by molar-refractivity contribution is 5.97. The quantitative estimate of drug-likeness (QED) is 0.776. The van der Waals surface area contributed by atoms with Gasteiger partial charge >= 0.3 is 0 Å². The summed E-state index contributed by atoms with van der Waals surface area (Å²) in [6.07, 6.45) is 4.91. The molecule has 2 fully saturated rings. The summed E-state index contributed by atoms with van der Waals surface area (Å²) >= 11 is 0. The molecule has 156 valence electrons. The molecule has 1 aliphatic heterocycles. The van der Waals surface area contributed by atoms with Crippen LogP contribution in [0.3, 0.4) is 0 Å². The minimum atomic E-state index is -0.381. The van der Waals surface area contributed by atoms with Crippen molar-refractivity contribution in [2.75, 3.05) is 26.2 Å². The predicted molar refractivity (Wildman–Crippen MR) is 114 cm³/mol. The number of aryl methyl sites for hydroxylation is 1. The summed E-state index contributed by atoms with van der Waals surface area (Å²) in [7, 11) is 0. The smallest absolute Gasteiger partial charge is 0.254 e. The van der Waals surface area contributed by atoms with Gasteiger partial charge in [0.15, 0.2) is 0 Å². The van der Waals surface area contributed by atoms with Crippen molar-refractivity contribution in [2.24, 2.45) is 5.41 Å². The molecule has 29 heavy (non-hydrogen) atoms. The topological polar surface area (TPSA) is 58.4 Å². The van der Waals surface area contributed by atoms with Gasteiger partial charge in [-0.25, -0.2) is 4.98 Å². The minimum Gasteiger partial charge on any atom is -0.339 e. The molecule has 1 aromatic heterocycles. The molecule has 1 aromatic carbocycles. The number of imidazole rings is 1. The Balaban J connectivity index is 1.52. The lowest BCUT2D eigenvalue weighted by Gasteiger charge is -2.37. The molecule has 0 N–H and O–H groups in total. The van der Waals surface area contributed by atoms with Crippen LogP contribution in [0.1, 0.15) is 68.7 Å². The Bertz CT molecular complexity index is 926. The lowest BCUT2D eigenvalue weighted by atomic mass is 9.94. The minimum absolute atomic E-state index is 0.0478. The highest BCUT2D eigenvalue weighted by Gasteiger charge is 2.31. The van der Waals surface area contributed by atoms with Crippen LogP contribution >= 0.6 is 0 Å². The van der Waals surface area contributed by atoms with E-state index in [-0.39, 0.29) is 17.2 Å². The summed E-state index contributed by atoms with van der Waals surface area (Å²) in [6, 6.07) is 6.38. The van der Waals surface area contributed by atoms with Gasteiger partial charge in [-0.2, -0.15) is 0 Å². The Morgan fingerprint density at radius 1 is 1.00 bits per heavy atom. The van der Waals surface area contributed by atoms with Gasteiger partial charge in [0.2, 0.25) is 5.91 Å². The second-order valence-electron chi connectivity index (χ2n) is 9.51. The Morgan fingerprint density at radius 2 is 1.62 bits per heavy atom. The largest absolute Gasteiger partial charge is 0.339 e. The van der Waals surface area contributed by atoms with Crippen molar-refractivity contribution in [1.82, 2.24) is 19.4 Å². The molecule has 0 radical (unpaired) electrons. The van der Waals surface area contributed by atoms with Crippen LogP contribution in [-0.4, -0.2) is 57.3 Å². The SMILES string of the molecule is Cc1nc2ccc(C(=O)N3CCN(C(=O)C(C)(C)C)CC3)cc2n1C1CCCC1. The second kappa shape index (κ2) is 7.47. The van der Waals surface area contributed by atoms with Crippen molar-refractivity contribution in [2.45, 2.75) is 59.4 Å². The van der Waals surface area contributed by atoms with E-state index < -0.39 is 0 Å². The molecule has 1 aliphatic carbocycles. The third-order valence-corrected chi connectivity index (χ3v) is 6.30. The van der Waals surface area contributed by atoms with Gasteiger partial charge in [0.1, 0.15) is 5.82 Å². The summed E-state index contributed by atoms with van der Waals surface area (Å²) in [6.45, 7) is 10.3. The van der Waals surface area contributed by atoms with E-state index in [1.165, 1.54) is 25.7 Å². The van der Waals surface area contributed by atoms with Gasteiger partial charge in [-0.05, 0) is 38.0 Å². The van der Waals surface area contributed by atoms with E-state index in [9.17, 15) is 9.59 Å². The van der Waals surface area contributed by atoms with Crippen LogP contribution in [-0.2, 0) is 4.79 Å². The maximum Gasteiger partial charge on any atom is 0.254 e. The standard InChI is InChI=1S/C23H32N4O2/c1-16-24-19-10-9-17(15-20(19)27(16)18-7-5-6-8-18)21(28)25-11-13-26(14-12-25)22(29)23(2,3)4/h9-10,15,18H,5-8,11-14H2,1-4H3. The lowest BCUT2D eigenvalue weighted by Crippen LogP contribution is -2.53. The highest BCUT2D eigenvalue weighted by atomic mass is 16.2. The molecule has 0 atom stereocenters. The van der Waals surface area contributed by atoms with Crippen LogP contribution in [0.15, 0.2) is 18.2 Å². The Labute approximate surface area is 172 Å². The molecule has 2 aliphatic rings. The van der Waals surface area contributed by atoms with Gasteiger partial charge in [-0.3, -0.25) is 9.59 Å². The fraction of sp³-hybridized carbons (Fsp3) is 0.609. The number of benzene rings is 1. The fourth-order valence-corrected chi connectivity index (χ4v) is 4.74. The van der Waals surface area contributed by atoms with Crippen LogP contribution in [0.2, 0.25) is 0 Å². The molecule has 6 heteroatoms. The van der Waals surface area contributed by atoms with Crippen LogP contribution in [0, 0.1) is 12.3 Å². The van der Waals surface area contributed by atoms with Crippen LogP contribution < -0.4 is 0 Å². The summed E-state index contributed by atoms with van der Waals surface area (Å²) in [4.78, 5) is 34.1. The first-order valence-electron chi connectivity index (χ1n) is 10.8. The molecule has 1 saturated heterocycles. The average Bonchev–Trinajstić information content (AvgIpc) is 3.32. The van der Waals surface area contributed by atoms with E-state index in [0.717, 1.165) is 16.9 Å². The van der Waals surface area contributed by atoms with E-state index in [1.807, 2.05) is 48.8 Å². The maximum absolute atomic E-state index is 13.1. The number of nitrogens with zero attached hydrogens (tertiary/aromatic N) is 4. The summed E-state index contributed by atoms with van der Waals surface area (Å²) in [5, 5.41) is 0. The molecule has 2 aromatic rings. The van der Waals surface area contributed by atoms with Gasteiger partial charge < -0.3 is 14.4 Å². The zero-order chi connectivity index (χ0) is 20.8. The third-order valence-electron chi connectivity index (χ3n) is 6.30. The third kappa shape index (κ3) is 3.77. The predicted octanol–water partition coefficient (Wildman–Crippen LogP) is 3.79. The summed E-state index contributed by atoms with van der Waals surface area (Å²) < 4.78 is 2.33.